The highest BCUT2D eigenvalue weighted by Gasteiger charge is 2.29. The minimum absolute atomic E-state index is 0.0538. The van der Waals surface area contributed by atoms with Gasteiger partial charge < -0.3 is 14.8 Å². The number of amides is 1. The molecule has 2 atom stereocenters. The quantitative estimate of drug-likeness (QED) is 0.732. The first-order valence-electron chi connectivity index (χ1n) is 9.54. The van der Waals surface area contributed by atoms with Crippen LogP contribution in [-0.2, 0) is 20.8 Å². The van der Waals surface area contributed by atoms with Crippen molar-refractivity contribution in [2.24, 2.45) is 0 Å². The second-order valence-electron chi connectivity index (χ2n) is 6.96. The standard InChI is InChI=1S/C22H25ClN2O4/c1-15(21(26)24-13-16-7-9-17(10-8-16)22(27)28-2)25-11-12-29-20(14-25)18-5-3-4-6-19(18)23/h3-10,15,20H,11-14H2,1-2H3,(H,24,26). The number of methoxy groups -OCH3 is 1. The van der Waals surface area contributed by atoms with E-state index in [1.54, 1.807) is 24.3 Å². The first-order chi connectivity index (χ1) is 14.0. The lowest BCUT2D eigenvalue weighted by atomic mass is 10.1. The molecule has 154 valence electrons. The van der Waals surface area contributed by atoms with Gasteiger partial charge in [-0.15, -0.1) is 0 Å². The normalized spacial score (nSPS) is 18.1. The zero-order valence-electron chi connectivity index (χ0n) is 16.6. The highest BCUT2D eigenvalue weighted by atomic mass is 35.5. The average Bonchev–Trinajstić information content (AvgIpc) is 2.77. The van der Waals surface area contributed by atoms with E-state index in [4.69, 9.17) is 16.3 Å². The van der Waals surface area contributed by atoms with Crippen molar-refractivity contribution in [3.05, 3.63) is 70.2 Å². The first-order valence-corrected chi connectivity index (χ1v) is 9.92. The first kappa shape index (κ1) is 21.3. The van der Waals surface area contributed by atoms with Gasteiger partial charge in [-0.2, -0.15) is 0 Å². The van der Waals surface area contributed by atoms with Gasteiger partial charge in [-0.05, 0) is 30.7 Å². The number of esters is 1. The minimum Gasteiger partial charge on any atom is -0.465 e. The number of hydrogen-bond acceptors (Lipinski definition) is 5. The van der Waals surface area contributed by atoms with Crippen LogP contribution in [0.2, 0.25) is 5.02 Å². The van der Waals surface area contributed by atoms with Gasteiger partial charge in [0.25, 0.3) is 0 Å². The SMILES string of the molecule is COC(=O)c1ccc(CNC(=O)C(C)N2CCOC(c3ccccc3Cl)C2)cc1. The molecule has 1 saturated heterocycles. The van der Waals surface area contributed by atoms with Crippen molar-refractivity contribution >= 4 is 23.5 Å². The summed E-state index contributed by atoms with van der Waals surface area (Å²) in [6, 6.07) is 14.3. The number of rotatable bonds is 6. The summed E-state index contributed by atoms with van der Waals surface area (Å²) in [4.78, 5) is 26.2. The lowest BCUT2D eigenvalue weighted by Gasteiger charge is -2.36. The molecule has 0 spiro atoms. The van der Waals surface area contributed by atoms with Gasteiger partial charge >= 0.3 is 5.97 Å². The molecule has 6 nitrogen and oxygen atoms in total. The lowest BCUT2D eigenvalue weighted by Crippen LogP contribution is -2.50. The van der Waals surface area contributed by atoms with Crippen LogP contribution in [0.15, 0.2) is 48.5 Å². The third kappa shape index (κ3) is 5.35. The Morgan fingerprint density at radius 2 is 1.97 bits per heavy atom. The van der Waals surface area contributed by atoms with E-state index >= 15 is 0 Å². The molecule has 1 amide bonds. The fourth-order valence-electron chi connectivity index (χ4n) is 3.32. The van der Waals surface area contributed by atoms with Crippen molar-refractivity contribution in [1.29, 1.82) is 0 Å². The molecule has 0 aliphatic carbocycles. The number of carbonyl (C=O) groups excluding carboxylic acids is 2. The maximum Gasteiger partial charge on any atom is 0.337 e. The second-order valence-corrected chi connectivity index (χ2v) is 7.37. The van der Waals surface area contributed by atoms with Crippen LogP contribution in [0.25, 0.3) is 0 Å². The Labute approximate surface area is 175 Å². The van der Waals surface area contributed by atoms with Crippen LogP contribution in [0.5, 0.6) is 0 Å². The monoisotopic (exact) mass is 416 g/mol. The van der Waals surface area contributed by atoms with E-state index in [1.165, 1.54) is 7.11 Å². The molecule has 0 saturated carbocycles. The second kappa shape index (κ2) is 9.87. The summed E-state index contributed by atoms with van der Waals surface area (Å²) in [6.07, 6.45) is -0.154. The molecule has 1 aliphatic rings. The van der Waals surface area contributed by atoms with Crippen molar-refractivity contribution in [1.82, 2.24) is 10.2 Å². The van der Waals surface area contributed by atoms with Crippen LogP contribution < -0.4 is 5.32 Å². The topological polar surface area (TPSA) is 67.9 Å². The highest BCUT2D eigenvalue weighted by Crippen LogP contribution is 2.28. The fourth-order valence-corrected chi connectivity index (χ4v) is 3.58. The van der Waals surface area contributed by atoms with E-state index in [2.05, 4.69) is 15.0 Å². The van der Waals surface area contributed by atoms with Crippen LogP contribution in [-0.4, -0.2) is 49.6 Å². The maximum atomic E-state index is 12.7. The summed E-state index contributed by atoms with van der Waals surface area (Å²) >= 11 is 6.30. The molecule has 2 unspecified atom stereocenters. The summed E-state index contributed by atoms with van der Waals surface area (Å²) in [6.45, 7) is 4.12. The number of carbonyl (C=O) groups is 2. The fraction of sp³-hybridized carbons (Fsp3) is 0.364. The number of nitrogens with one attached hydrogen (secondary N) is 1. The Kier molecular flexibility index (Phi) is 7.25. The van der Waals surface area contributed by atoms with Gasteiger partial charge in [0, 0.05) is 30.2 Å². The third-order valence-corrected chi connectivity index (χ3v) is 5.46. The van der Waals surface area contributed by atoms with E-state index < -0.39 is 0 Å². The molecule has 7 heteroatoms. The van der Waals surface area contributed by atoms with Gasteiger partial charge in [-0.1, -0.05) is 41.9 Å². The molecule has 1 aliphatic heterocycles. The number of benzene rings is 2. The van der Waals surface area contributed by atoms with E-state index in [0.717, 1.165) is 11.1 Å². The predicted molar refractivity (Wildman–Crippen MR) is 111 cm³/mol. The predicted octanol–water partition coefficient (Wildman–Crippen LogP) is 3.20. The van der Waals surface area contributed by atoms with Gasteiger partial charge in [0.1, 0.15) is 0 Å². The molecule has 1 heterocycles. The molecule has 0 radical (unpaired) electrons. The van der Waals surface area contributed by atoms with Crippen molar-refractivity contribution < 1.29 is 19.1 Å². The number of halogens is 1. The number of morpholine rings is 1. The van der Waals surface area contributed by atoms with Crippen LogP contribution in [0.1, 0.15) is 34.5 Å². The average molecular weight is 417 g/mol. The molecule has 2 aromatic carbocycles. The highest BCUT2D eigenvalue weighted by molar-refractivity contribution is 6.31. The van der Waals surface area contributed by atoms with Gasteiger partial charge in [-0.25, -0.2) is 4.79 Å². The van der Waals surface area contributed by atoms with Gasteiger partial charge in [0.15, 0.2) is 0 Å². The Morgan fingerprint density at radius 1 is 1.24 bits per heavy atom. The van der Waals surface area contributed by atoms with Gasteiger partial charge in [0.05, 0.1) is 31.4 Å². The summed E-state index contributed by atoms with van der Waals surface area (Å²) in [5.41, 5.74) is 2.33. The summed E-state index contributed by atoms with van der Waals surface area (Å²) in [7, 11) is 1.35. The summed E-state index contributed by atoms with van der Waals surface area (Å²) in [5.74, 6) is -0.434. The molecule has 0 bridgehead atoms. The van der Waals surface area contributed by atoms with Crippen LogP contribution in [0.3, 0.4) is 0 Å². The maximum absolute atomic E-state index is 12.7. The molecule has 0 aromatic heterocycles. The van der Waals surface area contributed by atoms with E-state index in [0.29, 0.717) is 36.8 Å². The summed E-state index contributed by atoms with van der Waals surface area (Å²) in [5, 5.41) is 3.63. The van der Waals surface area contributed by atoms with Crippen molar-refractivity contribution in [3.8, 4) is 0 Å². The van der Waals surface area contributed by atoms with Gasteiger partial charge in [-0.3, -0.25) is 9.69 Å². The smallest absolute Gasteiger partial charge is 0.337 e. The summed E-state index contributed by atoms with van der Waals surface area (Å²) < 4.78 is 10.6. The minimum atomic E-state index is -0.380. The Balaban J connectivity index is 1.55. The van der Waals surface area contributed by atoms with Gasteiger partial charge in [0.2, 0.25) is 5.91 Å². The van der Waals surface area contributed by atoms with E-state index in [-0.39, 0.29) is 24.0 Å². The van der Waals surface area contributed by atoms with Crippen molar-refractivity contribution in [2.75, 3.05) is 26.8 Å². The molecular formula is C22H25ClN2O4. The zero-order valence-corrected chi connectivity index (χ0v) is 17.3. The molecule has 1 fully saturated rings. The number of nitrogens with zero attached hydrogens (tertiary/aromatic N) is 1. The van der Waals surface area contributed by atoms with E-state index in [1.807, 2.05) is 31.2 Å². The molecule has 3 rings (SSSR count). The molecule has 29 heavy (non-hydrogen) atoms. The lowest BCUT2D eigenvalue weighted by molar-refractivity contribution is -0.129. The van der Waals surface area contributed by atoms with Crippen molar-refractivity contribution in [3.63, 3.8) is 0 Å². The van der Waals surface area contributed by atoms with E-state index in [9.17, 15) is 9.59 Å². The largest absolute Gasteiger partial charge is 0.465 e. The Bertz CT molecular complexity index is 856. The van der Waals surface area contributed by atoms with Crippen LogP contribution in [0, 0.1) is 0 Å². The van der Waals surface area contributed by atoms with Crippen LogP contribution >= 0.6 is 11.6 Å². The third-order valence-electron chi connectivity index (χ3n) is 5.12. The molecule has 1 N–H and O–H groups in total. The van der Waals surface area contributed by atoms with Crippen LogP contribution in [0.4, 0.5) is 0 Å². The molecular weight excluding hydrogens is 392 g/mol. The van der Waals surface area contributed by atoms with Crippen molar-refractivity contribution in [2.45, 2.75) is 25.6 Å². The Hall–Kier alpha value is -2.41. The Morgan fingerprint density at radius 3 is 2.66 bits per heavy atom. The number of ether oxygens (including phenoxy) is 2. The number of hydrogen-bond donors (Lipinski definition) is 1. The molecule has 2 aromatic rings. The zero-order chi connectivity index (χ0) is 20.8.